The zero-order valence-electron chi connectivity index (χ0n) is 25.2. The van der Waals surface area contributed by atoms with Gasteiger partial charge in [0.2, 0.25) is 0 Å². The van der Waals surface area contributed by atoms with Crippen molar-refractivity contribution in [1.82, 2.24) is 0 Å². The molecule has 4 aromatic carbocycles. The van der Waals surface area contributed by atoms with Crippen molar-refractivity contribution in [3.8, 4) is 16.9 Å². The van der Waals surface area contributed by atoms with Crippen molar-refractivity contribution in [3.05, 3.63) is 103 Å². The Morgan fingerprint density at radius 1 is 0.727 bits per heavy atom. The number of piperazine rings is 1. The molecule has 4 aromatic rings. The Balaban J connectivity index is 1.08. The summed E-state index contributed by atoms with van der Waals surface area (Å²) in [5.74, 6) is 6.26. The predicted molar refractivity (Wildman–Crippen MR) is 177 cm³/mol. The molecule has 0 aromatic heterocycles. The van der Waals surface area contributed by atoms with Crippen LogP contribution in [-0.2, 0) is 9.57 Å². The van der Waals surface area contributed by atoms with E-state index < -0.39 is 5.97 Å². The van der Waals surface area contributed by atoms with Gasteiger partial charge >= 0.3 is 5.97 Å². The van der Waals surface area contributed by atoms with Crippen LogP contribution < -0.4 is 31.3 Å². The maximum atomic E-state index is 12.6. The van der Waals surface area contributed by atoms with Crippen molar-refractivity contribution in [2.45, 2.75) is 19.3 Å². The van der Waals surface area contributed by atoms with Gasteiger partial charge in [-0.05, 0) is 91.1 Å². The van der Waals surface area contributed by atoms with Crippen LogP contribution in [-0.4, -0.2) is 52.5 Å². The molecule has 0 saturated carbocycles. The molecule has 0 atom stereocenters. The van der Waals surface area contributed by atoms with Crippen molar-refractivity contribution < 1.29 is 19.1 Å². The maximum absolute atomic E-state index is 12.6. The third-order valence-corrected chi connectivity index (χ3v) is 7.78. The first kappa shape index (κ1) is 30.7. The summed E-state index contributed by atoms with van der Waals surface area (Å²) in [5, 5.41) is 0.900. The molecule has 0 spiro atoms. The molecular formula is C35H41N5O4. The number of nitrogen functional groups attached to an aromatic ring is 1. The molecule has 230 valence electrons. The van der Waals surface area contributed by atoms with E-state index in [4.69, 9.17) is 25.9 Å². The summed E-state index contributed by atoms with van der Waals surface area (Å²) < 4.78 is 11.0. The maximum Gasteiger partial charge on any atom is 0.365 e. The number of carbonyl (C=O) groups excluding carboxylic acids is 1. The number of nitrogens with zero attached hydrogens (tertiary/aromatic N) is 3. The fourth-order valence-corrected chi connectivity index (χ4v) is 5.23. The lowest BCUT2D eigenvalue weighted by Gasteiger charge is -2.37. The highest BCUT2D eigenvalue weighted by Crippen LogP contribution is 2.27. The molecule has 9 nitrogen and oxygen atoms in total. The molecule has 1 saturated heterocycles. The third kappa shape index (κ3) is 8.00. The van der Waals surface area contributed by atoms with Gasteiger partial charge in [0.05, 0.1) is 17.9 Å². The summed E-state index contributed by atoms with van der Waals surface area (Å²) in [7, 11) is 1.74. The second kappa shape index (κ2) is 15.1. The van der Waals surface area contributed by atoms with Gasteiger partial charge in [0.1, 0.15) is 11.4 Å². The number of anilines is 4. The van der Waals surface area contributed by atoms with E-state index in [9.17, 15) is 4.79 Å². The molecule has 1 aliphatic heterocycles. The summed E-state index contributed by atoms with van der Waals surface area (Å²) in [6.07, 6.45) is 3.21. The number of para-hydroxylation sites is 2. The second-order valence-corrected chi connectivity index (χ2v) is 10.8. The molecule has 5 rings (SSSR count). The van der Waals surface area contributed by atoms with Crippen molar-refractivity contribution in [2.24, 2.45) is 5.84 Å². The van der Waals surface area contributed by atoms with Gasteiger partial charge in [0, 0.05) is 51.3 Å². The van der Waals surface area contributed by atoms with Crippen molar-refractivity contribution in [3.63, 3.8) is 0 Å². The average Bonchev–Trinajstić information content (AvgIpc) is 3.07. The molecule has 0 radical (unpaired) electrons. The monoisotopic (exact) mass is 595 g/mol. The van der Waals surface area contributed by atoms with Crippen LogP contribution >= 0.6 is 0 Å². The Morgan fingerprint density at radius 3 is 1.86 bits per heavy atom. The molecule has 1 heterocycles. The summed E-state index contributed by atoms with van der Waals surface area (Å²) >= 11 is 0. The minimum Gasteiger partial charge on any atom is -0.494 e. The Bertz CT molecular complexity index is 1470. The predicted octanol–water partition coefficient (Wildman–Crippen LogP) is 5.91. The zero-order chi connectivity index (χ0) is 30.7. The van der Waals surface area contributed by atoms with Gasteiger partial charge < -0.3 is 29.8 Å². The number of carbonyl (C=O) groups is 1. The van der Waals surface area contributed by atoms with E-state index >= 15 is 0 Å². The van der Waals surface area contributed by atoms with E-state index in [0.717, 1.165) is 75.3 Å². The first-order valence-electron chi connectivity index (χ1n) is 15.1. The molecule has 0 unspecified atom stereocenters. The van der Waals surface area contributed by atoms with Crippen LogP contribution in [0.4, 0.5) is 22.7 Å². The minimum atomic E-state index is -0.552. The van der Waals surface area contributed by atoms with E-state index in [-0.39, 0.29) is 0 Å². The lowest BCUT2D eigenvalue weighted by molar-refractivity contribution is 0.0451. The third-order valence-electron chi connectivity index (χ3n) is 7.78. The number of hydrogen-bond donors (Lipinski definition) is 2. The number of hydrogen-bond acceptors (Lipinski definition) is 9. The number of nitrogens with two attached hydrogens (primary N) is 2. The van der Waals surface area contributed by atoms with Crippen LogP contribution in [0, 0.1) is 0 Å². The molecule has 4 N–H and O–H groups in total. The van der Waals surface area contributed by atoms with Gasteiger partial charge in [0.25, 0.3) is 0 Å². The molecule has 0 bridgehead atoms. The second-order valence-electron chi connectivity index (χ2n) is 10.8. The molecule has 0 aliphatic carbocycles. The highest BCUT2D eigenvalue weighted by Gasteiger charge is 2.19. The molecular weight excluding hydrogens is 554 g/mol. The van der Waals surface area contributed by atoms with Crippen LogP contribution in [0.5, 0.6) is 5.75 Å². The smallest absolute Gasteiger partial charge is 0.365 e. The van der Waals surface area contributed by atoms with E-state index in [1.165, 1.54) is 16.8 Å². The quantitative estimate of drug-likeness (QED) is 0.0844. The normalized spacial score (nSPS) is 13.0. The van der Waals surface area contributed by atoms with Gasteiger partial charge in [-0.25, -0.2) is 10.6 Å². The van der Waals surface area contributed by atoms with Crippen molar-refractivity contribution >= 4 is 28.7 Å². The van der Waals surface area contributed by atoms with Gasteiger partial charge in [-0.2, -0.15) is 0 Å². The molecule has 1 fully saturated rings. The molecule has 9 heteroatoms. The van der Waals surface area contributed by atoms with Crippen molar-refractivity contribution in [1.29, 1.82) is 0 Å². The van der Waals surface area contributed by atoms with E-state index in [2.05, 4.69) is 46.2 Å². The van der Waals surface area contributed by atoms with Gasteiger partial charge in [-0.3, -0.25) is 0 Å². The first-order valence-corrected chi connectivity index (χ1v) is 15.1. The van der Waals surface area contributed by atoms with E-state index in [1.54, 1.807) is 43.5 Å². The fourth-order valence-electron chi connectivity index (χ4n) is 5.23. The Morgan fingerprint density at radius 2 is 1.27 bits per heavy atom. The lowest BCUT2D eigenvalue weighted by atomic mass is 10.0. The Labute approximate surface area is 259 Å². The number of unbranched alkanes of at least 4 members (excludes halogenated alkanes) is 2. The highest BCUT2D eigenvalue weighted by atomic mass is 16.7. The van der Waals surface area contributed by atoms with Crippen LogP contribution in [0.3, 0.4) is 0 Å². The lowest BCUT2D eigenvalue weighted by Crippen LogP contribution is -2.46. The topological polar surface area (TPSA) is 107 Å². The summed E-state index contributed by atoms with van der Waals surface area (Å²) in [6, 6.07) is 31.4. The van der Waals surface area contributed by atoms with E-state index in [1.807, 2.05) is 24.3 Å². The number of rotatable bonds is 13. The Hall–Kier alpha value is -4.73. The van der Waals surface area contributed by atoms with Crippen LogP contribution in [0.25, 0.3) is 11.1 Å². The summed E-state index contributed by atoms with van der Waals surface area (Å²) in [6.45, 7) is 5.10. The zero-order valence-corrected chi connectivity index (χ0v) is 25.2. The highest BCUT2D eigenvalue weighted by molar-refractivity contribution is 5.90. The SMILES string of the molecule is COCCCCCOc1ccc(-c2ccc(N3CCN(c4ccc(C(=O)ON(N)c5ccccc5N)cc4)CC3)cc2)cc1. The average molecular weight is 596 g/mol. The van der Waals surface area contributed by atoms with Crippen LogP contribution in [0.2, 0.25) is 0 Å². The number of methoxy groups -OCH3 is 1. The molecule has 44 heavy (non-hydrogen) atoms. The largest absolute Gasteiger partial charge is 0.494 e. The summed E-state index contributed by atoms with van der Waals surface area (Å²) in [5.41, 5.74) is 11.8. The molecule has 0 amide bonds. The number of hydrazine groups is 1. The van der Waals surface area contributed by atoms with Gasteiger partial charge in [-0.1, -0.05) is 36.4 Å². The first-order chi connectivity index (χ1) is 21.5. The minimum absolute atomic E-state index is 0.410. The summed E-state index contributed by atoms with van der Waals surface area (Å²) in [4.78, 5) is 22.6. The van der Waals surface area contributed by atoms with Gasteiger partial charge in [-0.15, -0.1) is 5.17 Å². The molecule has 1 aliphatic rings. The number of ether oxygens (including phenoxy) is 2. The van der Waals surface area contributed by atoms with Crippen LogP contribution in [0.1, 0.15) is 29.6 Å². The van der Waals surface area contributed by atoms with E-state index in [0.29, 0.717) is 16.9 Å². The number of benzene rings is 4. The van der Waals surface area contributed by atoms with Crippen LogP contribution in [0.15, 0.2) is 97.1 Å². The van der Waals surface area contributed by atoms with Crippen molar-refractivity contribution in [2.75, 3.05) is 67.2 Å². The standard InChI is InChI=1S/C35H41N5O4/c1-42-25-5-2-6-26-43-32-19-13-28(14-20-32)27-9-15-30(16-10-27)38-21-23-39(24-22-38)31-17-11-29(12-18-31)35(41)44-40(37)34-8-4-3-7-33(34)36/h3-4,7-20H,2,5-6,21-26,36-37H2,1H3. The Kier molecular flexibility index (Phi) is 10.6. The fraction of sp³-hybridized carbons (Fsp3) is 0.286. The van der Waals surface area contributed by atoms with Gasteiger partial charge in [0.15, 0.2) is 0 Å².